The zero-order chi connectivity index (χ0) is 16.8. The number of hydrogen-bond acceptors (Lipinski definition) is 4. The predicted octanol–water partition coefficient (Wildman–Crippen LogP) is 3.60. The van der Waals surface area contributed by atoms with Gasteiger partial charge in [-0.2, -0.15) is 0 Å². The quantitative estimate of drug-likeness (QED) is 0.736. The molecule has 6 heteroatoms. The van der Waals surface area contributed by atoms with E-state index >= 15 is 0 Å². The molecule has 23 heavy (non-hydrogen) atoms. The molecule has 0 saturated carbocycles. The van der Waals surface area contributed by atoms with Gasteiger partial charge in [0.15, 0.2) is 11.5 Å². The fourth-order valence-electron chi connectivity index (χ4n) is 1.92. The normalized spacial score (nSPS) is 10.3. The second kappa shape index (κ2) is 7.40. The first-order chi connectivity index (χ1) is 11.0. The van der Waals surface area contributed by atoms with Gasteiger partial charge in [-0.05, 0) is 50.2 Å². The number of nitrogens with one attached hydrogen (secondary N) is 2. The summed E-state index contributed by atoms with van der Waals surface area (Å²) in [5.74, 6) is 1.71. The van der Waals surface area contributed by atoms with Gasteiger partial charge in [0, 0.05) is 23.5 Å². The van der Waals surface area contributed by atoms with E-state index in [0.29, 0.717) is 28.6 Å². The number of nitrogens with two attached hydrogens (primary N) is 1. The Balaban J connectivity index is 2.12. The van der Waals surface area contributed by atoms with Gasteiger partial charge in [-0.25, -0.2) is 4.79 Å². The number of anilines is 2. The van der Waals surface area contributed by atoms with Gasteiger partial charge in [0.1, 0.15) is 5.75 Å². The lowest BCUT2D eigenvalue weighted by molar-refractivity contribution is 0.250. The third kappa shape index (κ3) is 4.81. The highest BCUT2D eigenvalue weighted by Crippen LogP contribution is 2.34. The molecule has 0 spiro atoms. The van der Waals surface area contributed by atoms with Crippen molar-refractivity contribution in [3.05, 3.63) is 42.5 Å². The Morgan fingerprint density at radius 2 is 1.78 bits per heavy atom. The zero-order valence-electron chi connectivity index (χ0n) is 13.4. The van der Waals surface area contributed by atoms with Crippen LogP contribution in [0.1, 0.15) is 13.8 Å². The summed E-state index contributed by atoms with van der Waals surface area (Å²) in [5, 5.41) is 5.50. The topological polar surface area (TPSA) is 85.6 Å². The molecule has 0 radical (unpaired) electrons. The summed E-state index contributed by atoms with van der Waals surface area (Å²) in [6.07, 6.45) is 0. The van der Waals surface area contributed by atoms with E-state index in [9.17, 15) is 4.79 Å². The smallest absolute Gasteiger partial charge is 0.319 e. The number of carbonyl (C=O) groups is 1. The van der Waals surface area contributed by atoms with E-state index < -0.39 is 0 Å². The molecule has 0 heterocycles. The molecule has 0 aliphatic carbocycles. The number of rotatable bonds is 5. The van der Waals surface area contributed by atoms with Crippen LogP contribution in [0.4, 0.5) is 16.2 Å². The van der Waals surface area contributed by atoms with Gasteiger partial charge < -0.3 is 25.8 Å². The van der Waals surface area contributed by atoms with Crippen molar-refractivity contribution in [1.82, 2.24) is 5.32 Å². The SMILES string of the molecule is COc1cc(NC(=O)NC(C)C)ccc1Oc1ccc(N)cc1. The molecule has 0 aliphatic rings. The minimum absolute atomic E-state index is 0.0602. The average molecular weight is 315 g/mol. The molecule has 0 unspecified atom stereocenters. The van der Waals surface area contributed by atoms with Crippen LogP contribution in [0.25, 0.3) is 0 Å². The molecule has 2 amide bonds. The van der Waals surface area contributed by atoms with Gasteiger partial charge in [0.25, 0.3) is 0 Å². The Bertz CT molecular complexity index is 669. The third-order valence-corrected chi connectivity index (χ3v) is 2.95. The van der Waals surface area contributed by atoms with Crippen molar-refractivity contribution in [2.24, 2.45) is 0 Å². The van der Waals surface area contributed by atoms with Gasteiger partial charge >= 0.3 is 6.03 Å². The fraction of sp³-hybridized carbons (Fsp3) is 0.235. The fourth-order valence-corrected chi connectivity index (χ4v) is 1.92. The number of methoxy groups -OCH3 is 1. The van der Waals surface area contributed by atoms with E-state index in [1.807, 2.05) is 13.8 Å². The van der Waals surface area contributed by atoms with Crippen molar-refractivity contribution in [3.63, 3.8) is 0 Å². The summed E-state index contributed by atoms with van der Waals surface area (Å²) in [7, 11) is 1.54. The largest absolute Gasteiger partial charge is 0.493 e. The summed E-state index contributed by atoms with van der Waals surface area (Å²) in [4.78, 5) is 11.7. The Morgan fingerprint density at radius 1 is 1.09 bits per heavy atom. The van der Waals surface area contributed by atoms with Crippen molar-refractivity contribution < 1.29 is 14.3 Å². The van der Waals surface area contributed by atoms with Gasteiger partial charge in [0.05, 0.1) is 7.11 Å². The van der Waals surface area contributed by atoms with E-state index in [1.54, 1.807) is 49.6 Å². The molecule has 0 aromatic heterocycles. The van der Waals surface area contributed by atoms with E-state index in [2.05, 4.69) is 10.6 Å². The Kier molecular flexibility index (Phi) is 5.30. The predicted molar refractivity (Wildman–Crippen MR) is 91.2 cm³/mol. The Hall–Kier alpha value is -2.89. The lowest BCUT2D eigenvalue weighted by Gasteiger charge is -2.14. The Morgan fingerprint density at radius 3 is 2.39 bits per heavy atom. The lowest BCUT2D eigenvalue weighted by Crippen LogP contribution is -2.34. The number of ether oxygens (including phenoxy) is 2. The molecule has 0 fully saturated rings. The molecule has 2 aromatic rings. The lowest BCUT2D eigenvalue weighted by atomic mass is 10.2. The van der Waals surface area contributed by atoms with Crippen LogP contribution in [0.15, 0.2) is 42.5 Å². The van der Waals surface area contributed by atoms with E-state index in [4.69, 9.17) is 15.2 Å². The third-order valence-electron chi connectivity index (χ3n) is 2.95. The van der Waals surface area contributed by atoms with Crippen LogP contribution in [0.5, 0.6) is 17.2 Å². The van der Waals surface area contributed by atoms with Crippen molar-refractivity contribution in [1.29, 1.82) is 0 Å². The highest BCUT2D eigenvalue weighted by Gasteiger charge is 2.09. The molecule has 4 N–H and O–H groups in total. The summed E-state index contributed by atoms with van der Waals surface area (Å²) >= 11 is 0. The molecule has 2 rings (SSSR count). The maximum Gasteiger partial charge on any atom is 0.319 e. The van der Waals surface area contributed by atoms with Gasteiger partial charge in [-0.15, -0.1) is 0 Å². The highest BCUT2D eigenvalue weighted by atomic mass is 16.5. The van der Waals surface area contributed by atoms with Crippen LogP contribution in [0.3, 0.4) is 0 Å². The molecule has 0 aliphatic heterocycles. The molecular formula is C17H21N3O3. The van der Waals surface area contributed by atoms with Crippen LogP contribution in [0.2, 0.25) is 0 Å². The Labute approximate surface area is 135 Å². The van der Waals surface area contributed by atoms with Crippen molar-refractivity contribution >= 4 is 17.4 Å². The molecule has 0 bridgehead atoms. The molecule has 2 aromatic carbocycles. The van der Waals surface area contributed by atoms with Gasteiger partial charge in [0.2, 0.25) is 0 Å². The molecule has 122 valence electrons. The van der Waals surface area contributed by atoms with E-state index in [0.717, 1.165) is 0 Å². The van der Waals surface area contributed by atoms with Crippen LogP contribution in [-0.2, 0) is 0 Å². The summed E-state index contributed by atoms with van der Waals surface area (Å²) in [6, 6.07) is 12.0. The second-order valence-corrected chi connectivity index (χ2v) is 5.29. The minimum Gasteiger partial charge on any atom is -0.493 e. The highest BCUT2D eigenvalue weighted by molar-refractivity contribution is 5.89. The number of nitrogen functional groups attached to an aromatic ring is 1. The minimum atomic E-state index is -0.269. The molecule has 6 nitrogen and oxygen atoms in total. The van der Waals surface area contributed by atoms with Gasteiger partial charge in [-0.1, -0.05) is 0 Å². The molecule has 0 saturated heterocycles. The van der Waals surface area contributed by atoms with E-state index in [1.165, 1.54) is 0 Å². The van der Waals surface area contributed by atoms with E-state index in [-0.39, 0.29) is 12.1 Å². The number of benzene rings is 2. The monoisotopic (exact) mass is 315 g/mol. The second-order valence-electron chi connectivity index (χ2n) is 5.29. The van der Waals surface area contributed by atoms with Crippen LogP contribution >= 0.6 is 0 Å². The maximum atomic E-state index is 11.7. The summed E-state index contributed by atoms with van der Waals surface area (Å²) < 4.78 is 11.1. The zero-order valence-corrected chi connectivity index (χ0v) is 13.4. The van der Waals surface area contributed by atoms with Gasteiger partial charge in [-0.3, -0.25) is 0 Å². The van der Waals surface area contributed by atoms with Crippen molar-refractivity contribution in [3.8, 4) is 17.2 Å². The number of carbonyl (C=O) groups excluding carboxylic acids is 1. The summed E-state index contributed by atoms with van der Waals surface area (Å²) in [6.45, 7) is 3.79. The van der Waals surface area contributed by atoms with Crippen molar-refractivity contribution in [2.75, 3.05) is 18.2 Å². The average Bonchev–Trinajstić information content (AvgIpc) is 2.50. The first-order valence-electron chi connectivity index (χ1n) is 7.27. The number of amides is 2. The van der Waals surface area contributed by atoms with Crippen LogP contribution in [-0.4, -0.2) is 19.2 Å². The first-order valence-corrected chi connectivity index (χ1v) is 7.27. The van der Waals surface area contributed by atoms with Crippen LogP contribution < -0.4 is 25.8 Å². The first kappa shape index (κ1) is 16.5. The number of hydrogen-bond donors (Lipinski definition) is 3. The maximum absolute atomic E-state index is 11.7. The molecule has 0 atom stereocenters. The molecular weight excluding hydrogens is 294 g/mol. The van der Waals surface area contributed by atoms with Crippen LogP contribution in [0, 0.1) is 0 Å². The summed E-state index contributed by atoms with van der Waals surface area (Å²) in [5.41, 5.74) is 6.93. The number of urea groups is 1. The van der Waals surface area contributed by atoms with Crippen molar-refractivity contribution in [2.45, 2.75) is 19.9 Å². The standard InChI is InChI=1S/C17H21N3O3/c1-11(2)19-17(21)20-13-6-9-15(16(10-13)22-3)23-14-7-4-12(18)5-8-14/h4-11H,18H2,1-3H3,(H2,19,20,21).